The van der Waals surface area contributed by atoms with Gasteiger partial charge in [0, 0.05) is 31.2 Å². The van der Waals surface area contributed by atoms with Crippen LogP contribution in [0.15, 0.2) is 41.7 Å². The van der Waals surface area contributed by atoms with Crippen molar-refractivity contribution < 1.29 is 6.48 Å². The number of nitrogens with zero attached hydrogens (tertiary/aromatic N) is 4. The van der Waals surface area contributed by atoms with Gasteiger partial charge in [0.25, 0.3) is 5.56 Å². The first-order valence-corrected chi connectivity index (χ1v) is 9.51. The number of nitrogens with one attached hydrogen (secondary N) is 2. The van der Waals surface area contributed by atoms with Gasteiger partial charge in [-0.05, 0) is 50.1 Å². The van der Waals surface area contributed by atoms with Gasteiger partial charge in [-0.2, -0.15) is 0 Å². The Balaban J connectivity index is 1.73. The van der Waals surface area contributed by atoms with Gasteiger partial charge in [-0.15, -0.1) is 0 Å². The van der Waals surface area contributed by atoms with Crippen molar-refractivity contribution in [2.75, 3.05) is 10.6 Å². The molecular weight excluding hydrogens is 356 g/mol. The average Bonchev–Trinajstić information content (AvgIpc) is 2.70. The van der Waals surface area contributed by atoms with Crippen molar-refractivity contribution in [3.05, 3.63) is 47.3 Å². The predicted octanol–water partition coefficient (Wildman–Crippen LogP) is 2.67. The summed E-state index contributed by atoms with van der Waals surface area (Å²) in [6.07, 6.45) is 7.25. The third kappa shape index (κ3) is 3.82. The Morgan fingerprint density at radius 1 is 1.29 bits per heavy atom. The topological polar surface area (TPSA) is 105 Å². The van der Waals surface area contributed by atoms with Crippen LogP contribution in [0, 0.1) is 0 Å². The molecule has 8 nitrogen and oxygen atoms in total. The summed E-state index contributed by atoms with van der Waals surface area (Å²) >= 11 is 0. The van der Waals surface area contributed by atoms with Crippen LogP contribution in [0.25, 0.3) is 10.8 Å². The molecule has 0 atom stereocenters. The minimum absolute atomic E-state index is 0.0396. The molecule has 1 fully saturated rings. The zero-order valence-corrected chi connectivity index (χ0v) is 15.7. The van der Waals surface area contributed by atoms with Gasteiger partial charge >= 0.3 is 0 Å². The van der Waals surface area contributed by atoms with Crippen LogP contribution in [0.5, 0.6) is 0 Å². The molecule has 0 spiro atoms. The van der Waals surface area contributed by atoms with Gasteiger partial charge in [-0.1, -0.05) is 0 Å². The summed E-state index contributed by atoms with van der Waals surface area (Å²) < 4.78 is 9.46. The van der Waals surface area contributed by atoms with Crippen molar-refractivity contribution in [2.24, 2.45) is 0 Å². The van der Waals surface area contributed by atoms with Crippen molar-refractivity contribution in [1.29, 1.82) is 0 Å². The molecule has 0 aliphatic heterocycles. The number of aryl methyl sites for hydroxylation is 1. The van der Waals surface area contributed by atoms with Crippen LogP contribution in [-0.2, 0) is 6.54 Å². The average molecular weight is 381 g/mol. The van der Waals surface area contributed by atoms with Crippen LogP contribution in [-0.4, -0.2) is 36.7 Å². The SMILES string of the molecule is [2H]C1(O)CCC(Nc2nc(Nc3cnccn3)cc3ccn(CC)c(=O)c23)CC1. The Kier molecular flexibility index (Phi) is 4.85. The molecule has 0 amide bonds. The zero-order chi connectivity index (χ0) is 20.4. The second kappa shape index (κ2) is 7.93. The van der Waals surface area contributed by atoms with Gasteiger partial charge in [-0.25, -0.2) is 9.97 Å². The summed E-state index contributed by atoms with van der Waals surface area (Å²) in [6, 6.07) is 3.76. The Labute approximate surface area is 164 Å². The smallest absolute Gasteiger partial charge is 0.262 e. The number of fused-ring (bicyclic) bond motifs is 1. The molecule has 1 saturated carbocycles. The van der Waals surface area contributed by atoms with Crippen molar-refractivity contribution in [1.82, 2.24) is 19.5 Å². The summed E-state index contributed by atoms with van der Waals surface area (Å²) in [5.41, 5.74) is -0.0983. The summed E-state index contributed by atoms with van der Waals surface area (Å²) in [7, 11) is 0. The van der Waals surface area contributed by atoms with Crippen LogP contribution in [0.2, 0.25) is 0 Å². The van der Waals surface area contributed by atoms with E-state index in [0.29, 0.717) is 55.1 Å². The van der Waals surface area contributed by atoms with Gasteiger partial charge < -0.3 is 20.3 Å². The second-order valence-corrected chi connectivity index (χ2v) is 6.93. The maximum absolute atomic E-state index is 13.0. The van der Waals surface area contributed by atoms with E-state index >= 15 is 0 Å². The van der Waals surface area contributed by atoms with Crippen molar-refractivity contribution >= 4 is 28.2 Å². The fourth-order valence-electron chi connectivity index (χ4n) is 3.50. The lowest BCUT2D eigenvalue weighted by atomic mass is 9.93. The molecule has 3 aromatic rings. The van der Waals surface area contributed by atoms with Crippen LogP contribution in [0.4, 0.5) is 17.5 Å². The van der Waals surface area contributed by atoms with E-state index in [2.05, 4.69) is 25.6 Å². The van der Waals surface area contributed by atoms with Crippen LogP contribution < -0.4 is 16.2 Å². The molecule has 0 saturated heterocycles. The highest BCUT2D eigenvalue weighted by Gasteiger charge is 2.21. The number of aliphatic hydroxyl groups is 1. The van der Waals surface area contributed by atoms with Crippen molar-refractivity contribution in [3.8, 4) is 0 Å². The van der Waals surface area contributed by atoms with Gasteiger partial charge in [0.2, 0.25) is 0 Å². The maximum Gasteiger partial charge on any atom is 0.262 e. The van der Waals surface area contributed by atoms with Crippen molar-refractivity contribution in [3.63, 3.8) is 0 Å². The number of rotatable bonds is 5. The largest absolute Gasteiger partial charge is 0.393 e. The third-order valence-corrected chi connectivity index (χ3v) is 5.02. The van der Waals surface area contributed by atoms with E-state index in [1.807, 2.05) is 19.1 Å². The van der Waals surface area contributed by atoms with Gasteiger partial charge in [-0.3, -0.25) is 9.78 Å². The number of anilines is 3. The molecule has 1 aliphatic rings. The molecule has 4 rings (SSSR count). The molecule has 28 heavy (non-hydrogen) atoms. The number of hydrogen-bond donors (Lipinski definition) is 3. The Bertz CT molecular complexity index is 1060. The fourth-order valence-corrected chi connectivity index (χ4v) is 3.50. The number of aromatic nitrogens is 4. The van der Waals surface area contributed by atoms with Crippen LogP contribution in [0.3, 0.4) is 0 Å². The second-order valence-electron chi connectivity index (χ2n) is 6.93. The van der Waals surface area contributed by atoms with E-state index in [-0.39, 0.29) is 11.6 Å². The van der Waals surface area contributed by atoms with Gasteiger partial charge in [0.1, 0.15) is 17.5 Å². The molecule has 0 radical (unpaired) electrons. The lowest BCUT2D eigenvalue weighted by Crippen LogP contribution is -2.29. The van der Waals surface area contributed by atoms with E-state index < -0.39 is 6.08 Å². The predicted molar refractivity (Wildman–Crippen MR) is 109 cm³/mol. The number of hydrogen-bond acceptors (Lipinski definition) is 7. The third-order valence-electron chi connectivity index (χ3n) is 5.02. The quantitative estimate of drug-likeness (QED) is 0.624. The molecule has 3 N–H and O–H groups in total. The molecule has 146 valence electrons. The minimum atomic E-state index is -1.36. The summed E-state index contributed by atoms with van der Waals surface area (Å²) in [5.74, 6) is 1.62. The van der Waals surface area contributed by atoms with E-state index in [1.165, 1.54) is 0 Å². The van der Waals surface area contributed by atoms with E-state index in [1.54, 1.807) is 29.4 Å². The monoisotopic (exact) mass is 381 g/mol. The highest BCUT2D eigenvalue weighted by atomic mass is 16.3. The molecule has 8 heteroatoms. The lowest BCUT2D eigenvalue weighted by Gasteiger charge is -2.27. The number of pyridine rings is 2. The fraction of sp³-hybridized carbons (Fsp3) is 0.400. The summed E-state index contributed by atoms with van der Waals surface area (Å²) in [4.78, 5) is 25.9. The molecule has 1 aliphatic carbocycles. The molecular formula is C20H24N6O2. The Hall–Kier alpha value is -3.00. The van der Waals surface area contributed by atoms with Crippen LogP contribution >= 0.6 is 0 Å². The van der Waals surface area contributed by atoms with Crippen molar-refractivity contribution in [2.45, 2.75) is 51.3 Å². The van der Waals surface area contributed by atoms with E-state index in [0.717, 1.165) is 5.39 Å². The molecule has 0 unspecified atom stereocenters. The summed E-state index contributed by atoms with van der Waals surface area (Å²) in [5, 5.41) is 17.7. The highest BCUT2D eigenvalue weighted by molar-refractivity contribution is 5.93. The first-order valence-electron chi connectivity index (χ1n) is 10.0. The maximum atomic E-state index is 13.0. The van der Waals surface area contributed by atoms with E-state index in [4.69, 9.17) is 1.37 Å². The Morgan fingerprint density at radius 2 is 2.11 bits per heavy atom. The molecule has 0 bridgehead atoms. The zero-order valence-electron chi connectivity index (χ0n) is 16.7. The first kappa shape index (κ1) is 17.1. The molecule has 3 heterocycles. The van der Waals surface area contributed by atoms with Gasteiger partial charge in [0.15, 0.2) is 0 Å². The lowest BCUT2D eigenvalue weighted by molar-refractivity contribution is 0.126. The normalized spacial score (nSPS) is 22.6. The van der Waals surface area contributed by atoms with E-state index in [9.17, 15) is 9.90 Å². The van der Waals surface area contributed by atoms with Gasteiger partial charge in [0.05, 0.1) is 19.0 Å². The Morgan fingerprint density at radius 3 is 2.82 bits per heavy atom. The summed E-state index contributed by atoms with van der Waals surface area (Å²) in [6.45, 7) is 2.50. The highest BCUT2D eigenvalue weighted by Crippen LogP contribution is 2.27. The van der Waals surface area contributed by atoms with Crippen LogP contribution in [0.1, 0.15) is 34.0 Å². The first-order chi connectivity index (χ1) is 13.9. The molecule has 0 aromatic carbocycles. The molecule has 3 aromatic heterocycles. The standard InChI is InChI=1S/C20H24N6O2/c1-2-26-10-7-13-11-16(24-17-12-21-8-9-22-17)25-19(18(13)20(26)28)23-14-3-5-15(27)6-4-14/h7-12,14-15,27H,2-6H2,1H3,(H2,22,23,24,25)/i15D. The minimum Gasteiger partial charge on any atom is -0.393 e.